The van der Waals surface area contributed by atoms with Crippen molar-refractivity contribution in [2.24, 2.45) is 5.92 Å². The van der Waals surface area contributed by atoms with Crippen molar-refractivity contribution in [2.75, 3.05) is 30.1 Å². The molecule has 2 aromatic rings. The van der Waals surface area contributed by atoms with Gasteiger partial charge in [-0.05, 0) is 36.4 Å². The van der Waals surface area contributed by atoms with Crippen molar-refractivity contribution in [2.45, 2.75) is 6.42 Å². The number of anilines is 2. The average molecular weight is 388 g/mol. The van der Waals surface area contributed by atoms with Gasteiger partial charge in [0.15, 0.2) is 11.5 Å². The number of nitrogens with one attached hydrogen (secondary N) is 2. The number of hydrogen-bond donors (Lipinski definition) is 2. The predicted octanol–water partition coefficient (Wildman–Crippen LogP) is 3.24. The highest BCUT2D eigenvalue weighted by molar-refractivity contribution is 6.30. The molecule has 0 radical (unpaired) electrons. The molecule has 1 atom stereocenters. The molecule has 0 spiro atoms. The van der Waals surface area contributed by atoms with E-state index in [1.54, 1.807) is 35.2 Å². The zero-order chi connectivity index (χ0) is 18.8. The first-order valence-corrected chi connectivity index (χ1v) is 8.97. The molecule has 2 N–H and O–H groups in total. The minimum atomic E-state index is -0.314. The van der Waals surface area contributed by atoms with Crippen LogP contribution in [0.25, 0.3) is 0 Å². The summed E-state index contributed by atoms with van der Waals surface area (Å²) in [7, 11) is 0. The van der Waals surface area contributed by atoms with Gasteiger partial charge >= 0.3 is 6.03 Å². The van der Waals surface area contributed by atoms with E-state index in [1.807, 2.05) is 12.1 Å². The Labute approximate surface area is 161 Å². The van der Waals surface area contributed by atoms with Gasteiger partial charge in [-0.3, -0.25) is 4.79 Å². The number of benzene rings is 2. The second-order valence-corrected chi connectivity index (χ2v) is 6.89. The van der Waals surface area contributed by atoms with Crippen LogP contribution in [0.3, 0.4) is 0 Å². The van der Waals surface area contributed by atoms with Gasteiger partial charge in [-0.1, -0.05) is 11.6 Å². The monoisotopic (exact) mass is 387 g/mol. The summed E-state index contributed by atoms with van der Waals surface area (Å²) in [5.41, 5.74) is 1.43. The summed E-state index contributed by atoms with van der Waals surface area (Å²) in [6, 6.07) is 12.0. The number of fused-ring (bicyclic) bond motifs is 1. The highest BCUT2D eigenvalue weighted by atomic mass is 35.5. The lowest BCUT2D eigenvalue weighted by molar-refractivity contribution is -0.117. The predicted molar refractivity (Wildman–Crippen MR) is 101 cm³/mol. The van der Waals surface area contributed by atoms with Gasteiger partial charge in [0.05, 0.1) is 0 Å². The summed E-state index contributed by atoms with van der Waals surface area (Å²) in [4.78, 5) is 26.1. The highest BCUT2D eigenvalue weighted by Gasteiger charge is 2.31. The van der Waals surface area contributed by atoms with Gasteiger partial charge in [-0.25, -0.2) is 4.79 Å². The zero-order valence-electron chi connectivity index (χ0n) is 14.4. The van der Waals surface area contributed by atoms with E-state index in [9.17, 15) is 9.59 Å². The van der Waals surface area contributed by atoms with E-state index in [2.05, 4.69) is 10.6 Å². The number of hydrogen-bond acceptors (Lipinski definition) is 4. The molecule has 2 aliphatic heterocycles. The Hall–Kier alpha value is -2.93. The summed E-state index contributed by atoms with van der Waals surface area (Å²) >= 11 is 5.82. The van der Waals surface area contributed by atoms with Gasteiger partial charge in [0, 0.05) is 47.9 Å². The molecule has 7 nitrogen and oxygen atoms in total. The molecule has 27 heavy (non-hydrogen) atoms. The van der Waals surface area contributed by atoms with E-state index in [4.69, 9.17) is 21.1 Å². The molecule has 0 aliphatic carbocycles. The molecule has 8 heteroatoms. The number of nitrogens with zero attached hydrogens (tertiary/aromatic N) is 1. The van der Waals surface area contributed by atoms with Crippen molar-refractivity contribution >= 4 is 34.9 Å². The Balaban J connectivity index is 1.31. The lowest BCUT2D eigenvalue weighted by Gasteiger charge is -2.17. The quantitative estimate of drug-likeness (QED) is 0.844. The maximum Gasteiger partial charge on any atom is 0.319 e. The number of carbonyl (C=O) groups is 2. The average Bonchev–Trinajstić information content (AvgIpc) is 3.27. The molecular weight excluding hydrogens is 370 g/mol. The number of amides is 3. The fourth-order valence-corrected chi connectivity index (χ4v) is 3.29. The van der Waals surface area contributed by atoms with Crippen molar-refractivity contribution in [1.29, 1.82) is 0 Å². The summed E-state index contributed by atoms with van der Waals surface area (Å²) in [6.45, 7) is 1.15. The van der Waals surface area contributed by atoms with Crippen molar-refractivity contribution < 1.29 is 19.1 Å². The van der Waals surface area contributed by atoms with Crippen LogP contribution in [0.15, 0.2) is 42.5 Å². The number of ether oxygens (including phenoxy) is 2. The first-order valence-electron chi connectivity index (χ1n) is 8.59. The van der Waals surface area contributed by atoms with Crippen LogP contribution in [0, 0.1) is 5.92 Å². The first-order chi connectivity index (χ1) is 13.1. The molecule has 2 aliphatic rings. The van der Waals surface area contributed by atoms with Crippen molar-refractivity contribution in [3.05, 3.63) is 47.5 Å². The Kier molecular flexibility index (Phi) is 4.77. The molecule has 0 bridgehead atoms. The molecule has 0 unspecified atom stereocenters. The van der Waals surface area contributed by atoms with Crippen LogP contribution >= 0.6 is 11.6 Å². The van der Waals surface area contributed by atoms with Gasteiger partial charge in [-0.2, -0.15) is 0 Å². The van der Waals surface area contributed by atoms with E-state index in [1.165, 1.54) is 0 Å². The molecule has 0 saturated carbocycles. The third-order valence-electron chi connectivity index (χ3n) is 4.53. The first kappa shape index (κ1) is 17.5. The van der Waals surface area contributed by atoms with Crippen LogP contribution < -0.4 is 25.0 Å². The molecule has 4 rings (SSSR count). The van der Waals surface area contributed by atoms with Crippen LogP contribution in [-0.4, -0.2) is 31.8 Å². The Morgan fingerprint density at radius 2 is 1.93 bits per heavy atom. The molecule has 140 valence electrons. The maximum absolute atomic E-state index is 12.4. The highest BCUT2D eigenvalue weighted by Crippen LogP contribution is 2.37. The number of rotatable bonds is 4. The van der Waals surface area contributed by atoms with Gasteiger partial charge in [0.25, 0.3) is 0 Å². The second kappa shape index (κ2) is 7.36. The molecule has 1 fully saturated rings. The maximum atomic E-state index is 12.4. The third kappa shape index (κ3) is 3.93. The summed E-state index contributed by atoms with van der Waals surface area (Å²) in [5, 5.41) is 6.16. The second-order valence-electron chi connectivity index (χ2n) is 6.45. The summed E-state index contributed by atoms with van der Waals surface area (Å²) in [5.74, 6) is 1.39. The van der Waals surface area contributed by atoms with E-state index >= 15 is 0 Å². The lowest BCUT2D eigenvalue weighted by atomic mass is 10.1. The van der Waals surface area contributed by atoms with Crippen LogP contribution in [-0.2, 0) is 4.79 Å². The SMILES string of the molecule is O=C(NC[C@@H]1CC(=O)N(c2ccc3c(c2)OCO3)C1)Nc1ccc(Cl)cc1. The van der Waals surface area contributed by atoms with E-state index < -0.39 is 0 Å². The fourth-order valence-electron chi connectivity index (χ4n) is 3.17. The van der Waals surface area contributed by atoms with Gasteiger partial charge < -0.3 is 25.0 Å². The third-order valence-corrected chi connectivity index (χ3v) is 4.78. The molecular formula is C19H18ClN3O4. The van der Waals surface area contributed by atoms with Crippen molar-refractivity contribution in [1.82, 2.24) is 5.32 Å². The van der Waals surface area contributed by atoms with E-state index in [0.29, 0.717) is 41.7 Å². The summed E-state index contributed by atoms with van der Waals surface area (Å²) < 4.78 is 10.7. The fraction of sp³-hybridized carbons (Fsp3) is 0.263. The molecule has 0 aromatic heterocycles. The normalized spacial score (nSPS) is 17.9. The zero-order valence-corrected chi connectivity index (χ0v) is 15.2. The van der Waals surface area contributed by atoms with Crippen LogP contribution in [0.5, 0.6) is 11.5 Å². The Morgan fingerprint density at radius 1 is 1.15 bits per heavy atom. The van der Waals surface area contributed by atoms with Gasteiger partial charge in [-0.15, -0.1) is 0 Å². The van der Waals surface area contributed by atoms with E-state index in [-0.39, 0.29) is 24.6 Å². The van der Waals surface area contributed by atoms with Gasteiger partial charge in [0.1, 0.15) is 0 Å². The van der Waals surface area contributed by atoms with E-state index in [0.717, 1.165) is 5.69 Å². The minimum absolute atomic E-state index is 0.0266. The molecule has 1 saturated heterocycles. The number of halogens is 1. The smallest absolute Gasteiger partial charge is 0.319 e. The number of urea groups is 1. The Morgan fingerprint density at radius 3 is 2.74 bits per heavy atom. The molecule has 2 heterocycles. The Bertz CT molecular complexity index is 872. The minimum Gasteiger partial charge on any atom is -0.454 e. The van der Waals surface area contributed by atoms with Crippen LogP contribution in [0.4, 0.5) is 16.2 Å². The molecule has 3 amide bonds. The summed E-state index contributed by atoms with van der Waals surface area (Å²) in [6.07, 6.45) is 0.385. The van der Waals surface area contributed by atoms with Crippen LogP contribution in [0.1, 0.15) is 6.42 Å². The number of carbonyl (C=O) groups excluding carboxylic acids is 2. The topological polar surface area (TPSA) is 79.9 Å². The standard InChI is InChI=1S/C19H18ClN3O4/c20-13-1-3-14(4-2-13)22-19(25)21-9-12-7-18(24)23(10-12)15-5-6-16-17(8-15)27-11-26-16/h1-6,8,12H,7,9-11H2,(H2,21,22,25)/t12-/m0/s1. The van der Waals surface area contributed by atoms with Gasteiger partial charge in [0.2, 0.25) is 12.7 Å². The molecule has 2 aromatic carbocycles. The lowest BCUT2D eigenvalue weighted by Crippen LogP contribution is -2.34. The van der Waals surface area contributed by atoms with Crippen molar-refractivity contribution in [3.63, 3.8) is 0 Å². The largest absolute Gasteiger partial charge is 0.454 e. The van der Waals surface area contributed by atoms with Crippen LogP contribution in [0.2, 0.25) is 5.02 Å². The van der Waals surface area contributed by atoms with Crippen molar-refractivity contribution in [3.8, 4) is 11.5 Å².